The maximum Gasteiger partial charge on any atom is 0.0204 e. The van der Waals surface area contributed by atoms with Crippen LogP contribution in [-0.2, 0) is 0 Å². The van der Waals surface area contributed by atoms with Crippen molar-refractivity contribution in [2.45, 2.75) is 5.92 Å². The fraction of sp³-hybridized carbons (Fsp3) is 0.0625. The molecule has 0 fully saturated rings. The predicted molar refractivity (Wildman–Crippen MR) is 68.5 cm³/mol. The lowest BCUT2D eigenvalue weighted by atomic mass is 9.97. The Hall–Kier alpha value is -1.95. The predicted octanol–water partition coefficient (Wildman–Crippen LogP) is 4.28. The standard InChI is InChI=1S/C16H13/c1-2-7-13(6-1)15-10-5-11-16(12-15)14-8-3-4-9-14/h1-13H/q-1. The van der Waals surface area contributed by atoms with Crippen molar-refractivity contribution >= 4 is 0 Å². The summed E-state index contributed by atoms with van der Waals surface area (Å²) in [7, 11) is 0. The van der Waals surface area contributed by atoms with Gasteiger partial charge in [0.2, 0.25) is 0 Å². The van der Waals surface area contributed by atoms with Crippen LogP contribution in [0.5, 0.6) is 0 Å². The normalized spacial score (nSPS) is 14.8. The van der Waals surface area contributed by atoms with Gasteiger partial charge >= 0.3 is 0 Å². The van der Waals surface area contributed by atoms with Crippen molar-refractivity contribution in [3.8, 4) is 11.1 Å². The maximum absolute atomic E-state index is 2.28. The van der Waals surface area contributed by atoms with Gasteiger partial charge in [0.25, 0.3) is 0 Å². The van der Waals surface area contributed by atoms with Crippen LogP contribution in [0.3, 0.4) is 0 Å². The summed E-state index contributed by atoms with van der Waals surface area (Å²) in [5.41, 5.74) is 3.97. The Morgan fingerprint density at radius 2 is 1.81 bits per heavy atom. The molecule has 0 aliphatic heterocycles. The number of hydrogen-bond acceptors (Lipinski definition) is 0. The second kappa shape index (κ2) is 3.90. The molecule has 1 aliphatic rings. The van der Waals surface area contributed by atoms with Crippen LogP contribution < -0.4 is 0 Å². The second-order valence-corrected chi connectivity index (χ2v) is 4.09. The van der Waals surface area contributed by atoms with Gasteiger partial charge in [0.15, 0.2) is 0 Å². The summed E-state index contributed by atoms with van der Waals surface area (Å²) < 4.78 is 0. The van der Waals surface area contributed by atoms with E-state index in [-0.39, 0.29) is 0 Å². The van der Waals surface area contributed by atoms with Crippen molar-refractivity contribution in [3.05, 3.63) is 78.4 Å². The highest BCUT2D eigenvalue weighted by Crippen LogP contribution is 2.27. The molecule has 0 saturated heterocycles. The average Bonchev–Trinajstić information content (AvgIpc) is 3.03. The van der Waals surface area contributed by atoms with Gasteiger partial charge in [-0.3, -0.25) is 0 Å². The average molecular weight is 205 g/mol. The van der Waals surface area contributed by atoms with E-state index in [2.05, 4.69) is 72.8 Å². The molecule has 0 bridgehead atoms. The van der Waals surface area contributed by atoms with E-state index in [0.29, 0.717) is 5.92 Å². The maximum atomic E-state index is 2.28. The fourth-order valence-electron chi connectivity index (χ4n) is 2.15. The van der Waals surface area contributed by atoms with E-state index in [9.17, 15) is 0 Å². The van der Waals surface area contributed by atoms with E-state index in [1.165, 1.54) is 16.7 Å². The second-order valence-electron chi connectivity index (χ2n) is 4.09. The molecule has 0 aromatic heterocycles. The molecule has 0 heterocycles. The smallest absolute Gasteiger partial charge is 0.0204 e. The Kier molecular flexibility index (Phi) is 2.26. The third kappa shape index (κ3) is 1.63. The molecule has 0 N–H and O–H groups in total. The van der Waals surface area contributed by atoms with Gasteiger partial charge < -0.3 is 0 Å². The van der Waals surface area contributed by atoms with Gasteiger partial charge in [-0.1, -0.05) is 54.1 Å². The van der Waals surface area contributed by atoms with Crippen LogP contribution in [0, 0.1) is 0 Å². The Morgan fingerprint density at radius 1 is 0.938 bits per heavy atom. The van der Waals surface area contributed by atoms with Gasteiger partial charge in [0.1, 0.15) is 0 Å². The molecule has 0 saturated carbocycles. The number of hydrogen-bond donors (Lipinski definition) is 0. The lowest BCUT2D eigenvalue weighted by Crippen LogP contribution is -1.88. The molecule has 0 radical (unpaired) electrons. The van der Waals surface area contributed by atoms with Crippen LogP contribution in [0.25, 0.3) is 11.1 Å². The number of benzene rings is 1. The van der Waals surface area contributed by atoms with E-state index < -0.39 is 0 Å². The first-order valence-corrected chi connectivity index (χ1v) is 5.60. The fourth-order valence-corrected chi connectivity index (χ4v) is 2.15. The van der Waals surface area contributed by atoms with E-state index in [1.54, 1.807) is 0 Å². The Balaban J connectivity index is 2.00. The molecule has 1 aliphatic carbocycles. The van der Waals surface area contributed by atoms with Gasteiger partial charge in [-0.05, 0) is 5.56 Å². The van der Waals surface area contributed by atoms with Crippen molar-refractivity contribution in [1.29, 1.82) is 0 Å². The molecular formula is C16H13-. The van der Waals surface area contributed by atoms with Crippen molar-refractivity contribution in [1.82, 2.24) is 0 Å². The van der Waals surface area contributed by atoms with E-state index >= 15 is 0 Å². The first-order valence-electron chi connectivity index (χ1n) is 5.60. The SMILES string of the molecule is C1=CC(c2cccc(-c3cc[cH-]c3)c2)C=C1. The highest BCUT2D eigenvalue weighted by atomic mass is 14.1. The summed E-state index contributed by atoms with van der Waals surface area (Å²) in [6.45, 7) is 0. The zero-order chi connectivity index (χ0) is 10.8. The molecular weight excluding hydrogens is 192 g/mol. The lowest BCUT2D eigenvalue weighted by molar-refractivity contribution is 1.11. The monoisotopic (exact) mass is 205 g/mol. The number of allylic oxidation sites excluding steroid dienone is 4. The minimum absolute atomic E-state index is 0.454. The molecule has 0 heteroatoms. The first kappa shape index (κ1) is 9.29. The van der Waals surface area contributed by atoms with Crippen LogP contribution in [-0.4, -0.2) is 0 Å². The van der Waals surface area contributed by atoms with Gasteiger partial charge in [-0.25, -0.2) is 6.07 Å². The van der Waals surface area contributed by atoms with Crippen LogP contribution >= 0.6 is 0 Å². The largest absolute Gasteiger partial charge is 0.206 e. The quantitative estimate of drug-likeness (QED) is 0.642. The molecule has 2 aromatic rings. The Labute approximate surface area is 95.9 Å². The summed E-state index contributed by atoms with van der Waals surface area (Å²) in [6, 6.07) is 17.2. The van der Waals surface area contributed by atoms with Crippen LogP contribution in [0.4, 0.5) is 0 Å². The van der Waals surface area contributed by atoms with Crippen molar-refractivity contribution in [3.63, 3.8) is 0 Å². The highest BCUT2D eigenvalue weighted by molar-refractivity contribution is 5.65. The molecule has 0 spiro atoms. The van der Waals surface area contributed by atoms with E-state index in [1.807, 2.05) is 0 Å². The summed E-state index contributed by atoms with van der Waals surface area (Å²) in [6.07, 6.45) is 8.67. The highest BCUT2D eigenvalue weighted by Gasteiger charge is 2.06. The summed E-state index contributed by atoms with van der Waals surface area (Å²) in [5, 5.41) is 0. The minimum atomic E-state index is 0.454. The van der Waals surface area contributed by atoms with Crippen molar-refractivity contribution < 1.29 is 0 Å². The van der Waals surface area contributed by atoms with E-state index in [4.69, 9.17) is 0 Å². The van der Waals surface area contributed by atoms with E-state index in [0.717, 1.165) is 0 Å². The van der Waals surface area contributed by atoms with Gasteiger partial charge in [0, 0.05) is 5.92 Å². The third-order valence-electron chi connectivity index (χ3n) is 3.02. The first-order chi connectivity index (χ1) is 7.93. The molecule has 16 heavy (non-hydrogen) atoms. The van der Waals surface area contributed by atoms with Crippen molar-refractivity contribution in [2.24, 2.45) is 0 Å². The van der Waals surface area contributed by atoms with Crippen LogP contribution in [0.1, 0.15) is 11.5 Å². The molecule has 0 atom stereocenters. The molecule has 78 valence electrons. The summed E-state index contributed by atoms with van der Waals surface area (Å²) in [4.78, 5) is 0. The molecule has 0 unspecified atom stereocenters. The van der Waals surface area contributed by atoms with Gasteiger partial charge in [-0.15, -0.1) is 0 Å². The zero-order valence-corrected chi connectivity index (χ0v) is 9.01. The molecule has 2 aromatic carbocycles. The van der Waals surface area contributed by atoms with Gasteiger partial charge in [0.05, 0.1) is 0 Å². The minimum Gasteiger partial charge on any atom is -0.206 e. The molecule has 0 amide bonds. The van der Waals surface area contributed by atoms with Gasteiger partial charge in [-0.2, -0.15) is 23.8 Å². The van der Waals surface area contributed by atoms with Crippen LogP contribution in [0.15, 0.2) is 72.8 Å². The summed E-state index contributed by atoms with van der Waals surface area (Å²) >= 11 is 0. The zero-order valence-electron chi connectivity index (χ0n) is 9.01. The van der Waals surface area contributed by atoms with Crippen molar-refractivity contribution in [2.75, 3.05) is 0 Å². The molecule has 3 rings (SSSR count). The lowest BCUT2D eigenvalue weighted by Gasteiger charge is -2.10. The van der Waals surface area contributed by atoms with Crippen LogP contribution in [0.2, 0.25) is 0 Å². The topological polar surface area (TPSA) is 0 Å². The third-order valence-corrected chi connectivity index (χ3v) is 3.02. The Morgan fingerprint density at radius 3 is 2.56 bits per heavy atom. The molecule has 0 nitrogen and oxygen atoms in total. The Bertz CT molecular complexity index is 515. The number of rotatable bonds is 2. The summed E-state index contributed by atoms with van der Waals surface area (Å²) in [5.74, 6) is 0.454.